The molecule has 0 saturated heterocycles. The zero-order valence-electron chi connectivity index (χ0n) is 11.5. The summed E-state index contributed by atoms with van der Waals surface area (Å²) in [6.45, 7) is 16.3. The Morgan fingerprint density at radius 2 is 1.94 bits per heavy atom. The van der Waals surface area contributed by atoms with Crippen molar-refractivity contribution >= 4 is 6.21 Å². The second-order valence-electron chi connectivity index (χ2n) is 3.53. The zero-order valence-corrected chi connectivity index (χ0v) is 11.5. The van der Waals surface area contributed by atoms with E-state index in [1.165, 1.54) is 0 Å². The quantitative estimate of drug-likeness (QED) is 0.706. The Kier molecular flexibility index (Phi) is 11.3. The summed E-state index contributed by atoms with van der Waals surface area (Å²) in [6.07, 6.45) is 2.68. The maximum Gasteiger partial charge on any atom is 0.0498 e. The van der Waals surface area contributed by atoms with E-state index in [1.54, 1.807) is 6.21 Å². The maximum absolute atomic E-state index is 5.82. The minimum absolute atomic E-state index is 0.190. The van der Waals surface area contributed by atoms with E-state index >= 15 is 0 Å². The Bertz CT molecular complexity index is 231. The summed E-state index contributed by atoms with van der Waals surface area (Å²) < 4.78 is 0. The summed E-state index contributed by atoms with van der Waals surface area (Å²) in [5, 5.41) is 0. The molecule has 0 aromatic rings. The van der Waals surface area contributed by atoms with Gasteiger partial charge in [-0.25, -0.2) is 0 Å². The smallest absolute Gasteiger partial charge is 0.0498 e. The molecule has 3 heteroatoms. The molecule has 0 rings (SSSR count). The zero-order chi connectivity index (χ0) is 13.1. The largest absolute Gasteiger partial charge is 0.372 e. The molecule has 0 spiro atoms. The molecule has 16 heavy (non-hydrogen) atoms. The molecule has 1 unspecified atom stereocenters. The van der Waals surface area contributed by atoms with Crippen molar-refractivity contribution in [3.8, 4) is 0 Å². The van der Waals surface area contributed by atoms with Crippen LogP contribution in [0.2, 0.25) is 0 Å². The van der Waals surface area contributed by atoms with Gasteiger partial charge in [0, 0.05) is 37.2 Å². The molecule has 0 aromatic heterocycles. The molecule has 0 aliphatic heterocycles. The topological polar surface area (TPSA) is 41.6 Å². The Morgan fingerprint density at radius 1 is 1.44 bits per heavy atom. The molecule has 0 saturated carbocycles. The molecule has 0 aliphatic rings. The van der Waals surface area contributed by atoms with Crippen molar-refractivity contribution in [1.82, 2.24) is 4.90 Å². The SMILES string of the molecule is C=C(C)N=CC(=C)N(C)CC(N)CC.CC. The predicted molar refractivity (Wildman–Crippen MR) is 74.7 cm³/mol. The van der Waals surface area contributed by atoms with Crippen LogP contribution in [-0.2, 0) is 0 Å². The molecule has 0 aliphatic carbocycles. The third-order valence-electron chi connectivity index (χ3n) is 1.96. The van der Waals surface area contributed by atoms with Crippen molar-refractivity contribution in [2.75, 3.05) is 13.6 Å². The van der Waals surface area contributed by atoms with Crippen LogP contribution in [-0.4, -0.2) is 30.7 Å². The fourth-order valence-corrected chi connectivity index (χ4v) is 0.881. The summed E-state index contributed by atoms with van der Waals surface area (Å²) >= 11 is 0. The highest BCUT2D eigenvalue weighted by Crippen LogP contribution is 1.99. The summed E-state index contributed by atoms with van der Waals surface area (Å²) in [7, 11) is 1.96. The van der Waals surface area contributed by atoms with Gasteiger partial charge in [-0.05, 0) is 13.3 Å². The number of nitrogens with two attached hydrogens (primary N) is 1. The van der Waals surface area contributed by atoms with Crippen molar-refractivity contribution in [3.63, 3.8) is 0 Å². The van der Waals surface area contributed by atoms with E-state index in [-0.39, 0.29) is 6.04 Å². The van der Waals surface area contributed by atoms with Gasteiger partial charge in [0.05, 0.1) is 0 Å². The summed E-state index contributed by atoms with van der Waals surface area (Å²) in [4.78, 5) is 6.08. The first kappa shape index (κ1) is 17.3. The van der Waals surface area contributed by atoms with Gasteiger partial charge < -0.3 is 10.6 Å². The van der Waals surface area contributed by atoms with Gasteiger partial charge >= 0.3 is 0 Å². The summed E-state index contributed by atoms with van der Waals surface area (Å²) in [5.41, 5.74) is 7.46. The van der Waals surface area contributed by atoms with Crippen molar-refractivity contribution in [1.29, 1.82) is 0 Å². The van der Waals surface area contributed by atoms with Crippen LogP contribution >= 0.6 is 0 Å². The number of likely N-dealkylation sites (N-methyl/N-ethyl adjacent to an activating group) is 1. The van der Waals surface area contributed by atoms with Crippen LogP contribution in [0.15, 0.2) is 29.5 Å². The second-order valence-corrected chi connectivity index (χ2v) is 3.53. The van der Waals surface area contributed by atoms with E-state index < -0.39 is 0 Å². The van der Waals surface area contributed by atoms with Crippen LogP contribution in [0.25, 0.3) is 0 Å². The second kappa shape index (κ2) is 10.4. The van der Waals surface area contributed by atoms with E-state index in [0.717, 1.165) is 24.4 Å². The number of nitrogens with zero attached hydrogens (tertiary/aromatic N) is 2. The lowest BCUT2D eigenvalue weighted by Crippen LogP contribution is -2.34. The number of hydrogen-bond donors (Lipinski definition) is 1. The van der Waals surface area contributed by atoms with Crippen LogP contribution < -0.4 is 5.73 Å². The fourth-order valence-electron chi connectivity index (χ4n) is 0.881. The highest BCUT2D eigenvalue weighted by atomic mass is 15.1. The Hall–Kier alpha value is -1.09. The molecule has 0 radical (unpaired) electrons. The highest BCUT2D eigenvalue weighted by Gasteiger charge is 2.04. The number of hydrogen-bond acceptors (Lipinski definition) is 3. The van der Waals surface area contributed by atoms with Crippen molar-refractivity contribution < 1.29 is 0 Å². The first-order valence-electron chi connectivity index (χ1n) is 5.82. The third-order valence-corrected chi connectivity index (χ3v) is 1.96. The van der Waals surface area contributed by atoms with Crippen molar-refractivity contribution in [3.05, 3.63) is 24.6 Å². The Morgan fingerprint density at radius 3 is 2.31 bits per heavy atom. The molecule has 0 heterocycles. The lowest BCUT2D eigenvalue weighted by molar-refractivity contribution is 0.393. The van der Waals surface area contributed by atoms with Gasteiger partial charge in [0.25, 0.3) is 0 Å². The van der Waals surface area contributed by atoms with E-state index in [1.807, 2.05) is 32.7 Å². The first-order chi connectivity index (χ1) is 7.47. The molecule has 3 nitrogen and oxygen atoms in total. The average molecular weight is 225 g/mol. The standard InChI is InChI=1S/C11H21N3.C2H6/c1-6-11(12)8-14(5)10(4)7-13-9(2)3;1-2/h7,11H,2,4,6,8,12H2,1,3,5H3;1-2H3. The lowest BCUT2D eigenvalue weighted by Gasteiger charge is -2.22. The van der Waals surface area contributed by atoms with Gasteiger partial charge in [-0.1, -0.05) is 33.9 Å². The minimum Gasteiger partial charge on any atom is -0.372 e. The van der Waals surface area contributed by atoms with Gasteiger partial charge in [0.2, 0.25) is 0 Å². The Labute approximate surface area is 101 Å². The van der Waals surface area contributed by atoms with Crippen molar-refractivity contribution in [2.24, 2.45) is 10.7 Å². The Balaban J connectivity index is 0. The predicted octanol–water partition coefficient (Wildman–Crippen LogP) is 2.80. The van der Waals surface area contributed by atoms with Gasteiger partial charge in [-0.15, -0.1) is 0 Å². The molecule has 0 fully saturated rings. The summed E-state index contributed by atoms with van der Waals surface area (Å²) in [6, 6.07) is 0.190. The number of allylic oxidation sites excluding steroid dienone is 2. The van der Waals surface area contributed by atoms with Crippen LogP contribution in [0.5, 0.6) is 0 Å². The normalized spacial score (nSPS) is 11.6. The van der Waals surface area contributed by atoms with Crippen LogP contribution in [0, 0.1) is 0 Å². The minimum atomic E-state index is 0.190. The summed E-state index contributed by atoms with van der Waals surface area (Å²) in [5.74, 6) is 0. The molecule has 0 aromatic carbocycles. The first-order valence-corrected chi connectivity index (χ1v) is 5.82. The van der Waals surface area contributed by atoms with E-state index in [4.69, 9.17) is 5.73 Å². The molecule has 1 atom stereocenters. The molecule has 0 amide bonds. The molecular formula is C13H27N3. The molecule has 0 bridgehead atoms. The van der Waals surface area contributed by atoms with Crippen molar-refractivity contribution in [2.45, 2.75) is 40.2 Å². The van der Waals surface area contributed by atoms with Gasteiger partial charge in [0.1, 0.15) is 0 Å². The highest BCUT2D eigenvalue weighted by molar-refractivity contribution is 5.77. The maximum atomic E-state index is 5.82. The monoisotopic (exact) mass is 225 g/mol. The lowest BCUT2D eigenvalue weighted by atomic mass is 10.2. The van der Waals surface area contributed by atoms with Crippen LogP contribution in [0.4, 0.5) is 0 Å². The van der Waals surface area contributed by atoms with E-state index in [2.05, 4.69) is 25.1 Å². The van der Waals surface area contributed by atoms with E-state index in [9.17, 15) is 0 Å². The molecular weight excluding hydrogens is 198 g/mol. The average Bonchev–Trinajstić information content (AvgIpc) is 2.28. The van der Waals surface area contributed by atoms with Crippen LogP contribution in [0.3, 0.4) is 0 Å². The number of aliphatic imine (C=N–C) groups is 1. The molecule has 2 N–H and O–H groups in total. The molecule has 94 valence electrons. The van der Waals surface area contributed by atoms with E-state index in [0.29, 0.717) is 0 Å². The fraction of sp³-hybridized carbons (Fsp3) is 0.615. The third kappa shape index (κ3) is 9.46. The van der Waals surface area contributed by atoms with Gasteiger partial charge in [-0.3, -0.25) is 4.99 Å². The van der Waals surface area contributed by atoms with Gasteiger partial charge in [0.15, 0.2) is 0 Å². The van der Waals surface area contributed by atoms with Crippen LogP contribution in [0.1, 0.15) is 34.1 Å². The van der Waals surface area contributed by atoms with Gasteiger partial charge in [-0.2, -0.15) is 0 Å². The number of rotatable bonds is 6.